The van der Waals surface area contributed by atoms with E-state index in [0.717, 1.165) is 35.1 Å². The van der Waals surface area contributed by atoms with E-state index in [4.69, 9.17) is 9.84 Å². The Labute approximate surface area is 134 Å². The molecule has 0 radical (unpaired) electrons. The number of carboxylic acid groups (broad SMARTS) is 1. The first-order valence-corrected chi connectivity index (χ1v) is 7.41. The maximum atomic E-state index is 12.5. The number of rotatable bonds is 4. The highest BCUT2D eigenvalue weighted by molar-refractivity contribution is 6.13. The molecule has 0 unspecified atom stereocenters. The standard InChI is InChI=1S/C19H16O4/c20-18(21)12-23-16-9-5-13(6-10-16)11-15-8-7-14-3-1-2-4-17(14)19(15)22/h1-6,9-11H,7-8,12H2,(H,20,21)/b15-11+. The largest absolute Gasteiger partial charge is 0.482 e. The molecule has 4 heteroatoms. The number of benzene rings is 2. The van der Waals surface area contributed by atoms with Crippen LogP contribution in [0.15, 0.2) is 54.1 Å². The van der Waals surface area contributed by atoms with E-state index in [0.29, 0.717) is 5.75 Å². The number of Topliss-reactive ketones (excluding diaryl/α,β-unsaturated/α-hetero) is 1. The molecule has 0 atom stereocenters. The van der Waals surface area contributed by atoms with E-state index in [2.05, 4.69) is 0 Å². The van der Waals surface area contributed by atoms with E-state index in [-0.39, 0.29) is 12.4 Å². The topological polar surface area (TPSA) is 63.6 Å². The van der Waals surface area contributed by atoms with Crippen LogP contribution in [-0.2, 0) is 11.2 Å². The average molecular weight is 308 g/mol. The number of carbonyl (C=O) groups is 2. The smallest absolute Gasteiger partial charge is 0.341 e. The summed E-state index contributed by atoms with van der Waals surface area (Å²) >= 11 is 0. The first-order chi connectivity index (χ1) is 11.1. The molecule has 0 amide bonds. The third kappa shape index (κ3) is 3.48. The van der Waals surface area contributed by atoms with Gasteiger partial charge >= 0.3 is 5.97 Å². The molecule has 0 spiro atoms. The highest BCUT2D eigenvalue weighted by Gasteiger charge is 2.20. The van der Waals surface area contributed by atoms with Crippen LogP contribution in [0.1, 0.15) is 27.9 Å². The number of carboxylic acids is 1. The van der Waals surface area contributed by atoms with Crippen molar-refractivity contribution in [1.82, 2.24) is 0 Å². The van der Waals surface area contributed by atoms with Gasteiger partial charge in [-0.1, -0.05) is 36.4 Å². The molecule has 0 heterocycles. The summed E-state index contributed by atoms with van der Waals surface area (Å²) in [5, 5.41) is 8.58. The fourth-order valence-electron chi connectivity index (χ4n) is 2.66. The molecular weight excluding hydrogens is 292 g/mol. The molecule has 116 valence electrons. The summed E-state index contributed by atoms with van der Waals surface area (Å²) in [6.07, 6.45) is 3.49. The Hall–Kier alpha value is -2.88. The van der Waals surface area contributed by atoms with Crippen molar-refractivity contribution in [3.05, 3.63) is 70.8 Å². The van der Waals surface area contributed by atoms with E-state index in [1.54, 1.807) is 12.1 Å². The molecule has 0 fully saturated rings. The third-order valence-electron chi connectivity index (χ3n) is 3.80. The Morgan fingerprint density at radius 1 is 1.09 bits per heavy atom. The second kappa shape index (κ2) is 6.48. The molecule has 4 nitrogen and oxygen atoms in total. The molecule has 0 bridgehead atoms. The fourth-order valence-corrected chi connectivity index (χ4v) is 2.66. The van der Waals surface area contributed by atoms with Crippen LogP contribution in [0.2, 0.25) is 0 Å². The maximum absolute atomic E-state index is 12.5. The first kappa shape index (κ1) is 15.0. The summed E-state index contributed by atoms with van der Waals surface area (Å²) < 4.78 is 5.09. The Kier molecular flexibility index (Phi) is 4.24. The zero-order valence-electron chi connectivity index (χ0n) is 12.5. The molecule has 2 aromatic carbocycles. The van der Waals surface area contributed by atoms with Crippen molar-refractivity contribution in [2.24, 2.45) is 0 Å². The fraction of sp³-hybridized carbons (Fsp3) is 0.158. The van der Waals surface area contributed by atoms with Crippen LogP contribution in [0.25, 0.3) is 6.08 Å². The lowest BCUT2D eigenvalue weighted by molar-refractivity contribution is -0.139. The van der Waals surface area contributed by atoms with Crippen molar-refractivity contribution < 1.29 is 19.4 Å². The highest BCUT2D eigenvalue weighted by Crippen LogP contribution is 2.26. The molecule has 0 saturated carbocycles. The van der Waals surface area contributed by atoms with Gasteiger partial charge in [-0.25, -0.2) is 4.79 Å². The van der Waals surface area contributed by atoms with Gasteiger partial charge in [-0.15, -0.1) is 0 Å². The van der Waals surface area contributed by atoms with Crippen molar-refractivity contribution in [2.45, 2.75) is 12.8 Å². The third-order valence-corrected chi connectivity index (χ3v) is 3.80. The van der Waals surface area contributed by atoms with E-state index < -0.39 is 5.97 Å². The number of ether oxygens (including phenoxy) is 1. The summed E-state index contributed by atoms with van der Waals surface area (Å²) in [5.41, 5.74) is 3.58. The summed E-state index contributed by atoms with van der Waals surface area (Å²) in [7, 11) is 0. The summed E-state index contributed by atoms with van der Waals surface area (Å²) in [6.45, 7) is -0.365. The van der Waals surface area contributed by atoms with Crippen LogP contribution in [0, 0.1) is 0 Å². The van der Waals surface area contributed by atoms with Gasteiger partial charge in [-0.2, -0.15) is 0 Å². The van der Waals surface area contributed by atoms with Crippen LogP contribution in [0.5, 0.6) is 5.75 Å². The van der Waals surface area contributed by atoms with Gasteiger partial charge in [0.2, 0.25) is 0 Å². The number of hydrogen-bond acceptors (Lipinski definition) is 3. The van der Waals surface area contributed by atoms with Crippen molar-refractivity contribution in [2.75, 3.05) is 6.61 Å². The van der Waals surface area contributed by atoms with Gasteiger partial charge in [-0.3, -0.25) is 4.79 Å². The zero-order chi connectivity index (χ0) is 16.2. The molecular formula is C19H16O4. The van der Waals surface area contributed by atoms with Crippen LogP contribution in [-0.4, -0.2) is 23.5 Å². The maximum Gasteiger partial charge on any atom is 0.341 e. The monoisotopic (exact) mass is 308 g/mol. The Bertz CT molecular complexity index is 772. The van der Waals surface area contributed by atoms with Crippen LogP contribution in [0.3, 0.4) is 0 Å². The van der Waals surface area contributed by atoms with Gasteiger partial charge in [0, 0.05) is 11.1 Å². The molecule has 0 saturated heterocycles. The predicted molar refractivity (Wildman–Crippen MR) is 86.6 cm³/mol. The molecule has 1 aliphatic rings. The van der Waals surface area contributed by atoms with Gasteiger partial charge in [0.15, 0.2) is 12.4 Å². The molecule has 0 aliphatic heterocycles. The van der Waals surface area contributed by atoms with E-state index in [1.165, 1.54) is 0 Å². The van der Waals surface area contributed by atoms with Gasteiger partial charge < -0.3 is 9.84 Å². The van der Waals surface area contributed by atoms with Gasteiger partial charge in [-0.05, 0) is 42.2 Å². The summed E-state index contributed by atoms with van der Waals surface area (Å²) in [6, 6.07) is 14.8. The Morgan fingerprint density at radius 2 is 1.83 bits per heavy atom. The molecule has 0 aromatic heterocycles. The van der Waals surface area contributed by atoms with Crippen molar-refractivity contribution >= 4 is 17.8 Å². The number of ketones is 1. The minimum atomic E-state index is -1.01. The number of aryl methyl sites for hydroxylation is 1. The second-order valence-electron chi connectivity index (χ2n) is 5.41. The van der Waals surface area contributed by atoms with Crippen molar-refractivity contribution in [3.63, 3.8) is 0 Å². The second-order valence-corrected chi connectivity index (χ2v) is 5.41. The van der Waals surface area contributed by atoms with Crippen LogP contribution in [0.4, 0.5) is 0 Å². The minimum Gasteiger partial charge on any atom is -0.482 e. The average Bonchev–Trinajstić information content (AvgIpc) is 2.57. The van der Waals surface area contributed by atoms with Crippen molar-refractivity contribution in [3.8, 4) is 5.75 Å². The molecule has 3 rings (SSSR count). The lowest BCUT2D eigenvalue weighted by Gasteiger charge is -2.17. The number of hydrogen-bond donors (Lipinski definition) is 1. The Balaban J connectivity index is 1.77. The number of aliphatic carboxylic acids is 1. The van der Waals surface area contributed by atoms with Gasteiger partial charge in [0.1, 0.15) is 5.75 Å². The molecule has 1 aliphatic carbocycles. The normalized spacial score (nSPS) is 15.3. The molecule has 1 N–H and O–H groups in total. The predicted octanol–water partition coefficient (Wildman–Crippen LogP) is 3.36. The first-order valence-electron chi connectivity index (χ1n) is 7.41. The van der Waals surface area contributed by atoms with E-state index >= 15 is 0 Å². The van der Waals surface area contributed by atoms with Crippen molar-refractivity contribution in [1.29, 1.82) is 0 Å². The minimum absolute atomic E-state index is 0.0815. The SMILES string of the molecule is O=C(O)COc1ccc(/C=C2\CCc3ccccc3C2=O)cc1. The zero-order valence-corrected chi connectivity index (χ0v) is 12.5. The van der Waals surface area contributed by atoms with E-state index in [1.807, 2.05) is 42.5 Å². The van der Waals surface area contributed by atoms with Gasteiger partial charge in [0.25, 0.3) is 0 Å². The molecule has 2 aromatic rings. The Morgan fingerprint density at radius 3 is 2.57 bits per heavy atom. The van der Waals surface area contributed by atoms with Gasteiger partial charge in [0.05, 0.1) is 0 Å². The number of carbonyl (C=O) groups excluding carboxylic acids is 1. The van der Waals surface area contributed by atoms with E-state index in [9.17, 15) is 9.59 Å². The number of allylic oxidation sites excluding steroid dienone is 1. The quantitative estimate of drug-likeness (QED) is 0.880. The lowest BCUT2D eigenvalue weighted by Crippen LogP contribution is -2.13. The van der Waals surface area contributed by atoms with Crippen LogP contribution < -0.4 is 4.74 Å². The summed E-state index contributed by atoms with van der Waals surface area (Å²) in [5.74, 6) is -0.435. The van der Waals surface area contributed by atoms with Crippen LogP contribution >= 0.6 is 0 Å². The summed E-state index contributed by atoms with van der Waals surface area (Å²) in [4.78, 5) is 23.0. The highest BCUT2D eigenvalue weighted by atomic mass is 16.5. The number of fused-ring (bicyclic) bond motifs is 1. The molecule has 23 heavy (non-hydrogen) atoms. The lowest BCUT2D eigenvalue weighted by atomic mass is 9.86.